The van der Waals surface area contributed by atoms with Gasteiger partial charge < -0.3 is 19.7 Å². The van der Waals surface area contributed by atoms with Gasteiger partial charge in [-0.05, 0) is 49.3 Å². The first-order valence-electron chi connectivity index (χ1n) is 8.01. The number of thioether (sulfide) groups is 1. The van der Waals surface area contributed by atoms with Crippen LogP contribution in [0.2, 0.25) is 0 Å². The number of urea groups is 1. The molecular formula is C17H26N2O3S. The van der Waals surface area contributed by atoms with Gasteiger partial charge in [0.1, 0.15) is 11.5 Å². The summed E-state index contributed by atoms with van der Waals surface area (Å²) in [6, 6.07) is 7.71. The van der Waals surface area contributed by atoms with Crippen molar-refractivity contribution in [2.24, 2.45) is 5.92 Å². The highest BCUT2D eigenvalue weighted by atomic mass is 32.2. The Hall–Kier alpha value is -1.56. The standard InChI is InChI=1S/C17H26N2O3S/c1-21-15-3-5-16(6-4-15)22-13-14-7-10-19(11-8-14)17(20)18-9-12-23-2/h3-6,14H,7-13H2,1-2H3,(H,18,20). The summed E-state index contributed by atoms with van der Waals surface area (Å²) in [4.78, 5) is 13.9. The Morgan fingerprint density at radius 3 is 2.52 bits per heavy atom. The molecule has 1 aromatic rings. The second-order valence-corrected chi connectivity index (χ2v) is 6.63. The predicted molar refractivity (Wildman–Crippen MR) is 94.6 cm³/mol. The number of nitrogens with one attached hydrogen (secondary N) is 1. The minimum atomic E-state index is 0.0635. The van der Waals surface area contributed by atoms with Crippen LogP contribution in [0.15, 0.2) is 24.3 Å². The Morgan fingerprint density at radius 2 is 1.91 bits per heavy atom. The number of rotatable bonds is 7. The van der Waals surface area contributed by atoms with Gasteiger partial charge >= 0.3 is 6.03 Å². The van der Waals surface area contributed by atoms with Crippen molar-refractivity contribution in [3.8, 4) is 11.5 Å². The molecule has 1 aromatic carbocycles. The van der Waals surface area contributed by atoms with E-state index in [0.29, 0.717) is 12.5 Å². The minimum absolute atomic E-state index is 0.0635. The molecule has 1 heterocycles. The van der Waals surface area contributed by atoms with E-state index in [1.165, 1.54) is 0 Å². The van der Waals surface area contributed by atoms with E-state index in [-0.39, 0.29) is 6.03 Å². The van der Waals surface area contributed by atoms with Crippen LogP contribution >= 0.6 is 11.8 Å². The third-order valence-electron chi connectivity index (χ3n) is 4.03. The first-order chi connectivity index (χ1) is 11.2. The molecule has 0 atom stereocenters. The Kier molecular flexibility index (Phi) is 7.39. The third kappa shape index (κ3) is 5.86. The van der Waals surface area contributed by atoms with Crippen molar-refractivity contribution in [3.63, 3.8) is 0 Å². The lowest BCUT2D eigenvalue weighted by Gasteiger charge is -2.31. The van der Waals surface area contributed by atoms with Crippen molar-refractivity contribution in [1.82, 2.24) is 10.2 Å². The maximum absolute atomic E-state index is 12.0. The fourth-order valence-electron chi connectivity index (χ4n) is 2.56. The number of hydrogen-bond donors (Lipinski definition) is 1. The molecule has 23 heavy (non-hydrogen) atoms. The highest BCUT2D eigenvalue weighted by molar-refractivity contribution is 7.98. The highest BCUT2D eigenvalue weighted by Gasteiger charge is 2.22. The molecule has 0 spiro atoms. The molecule has 0 radical (unpaired) electrons. The molecule has 1 fully saturated rings. The molecule has 0 aromatic heterocycles. The molecular weight excluding hydrogens is 312 g/mol. The molecule has 0 saturated carbocycles. The largest absolute Gasteiger partial charge is 0.497 e. The predicted octanol–water partition coefficient (Wildman–Crippen LogP) is 2.86. The zero-order chi connectivity index (χ0) is 16.5. The average Bonchev–Trinajstić information content (AvgIpc) is 2.61. The molecule has 2 rings (SSSR count). The van der Waals surface area contributed by atoms with E-state index >= 15 is 0 Å². The second-order valence-electron chi connectivity index (χ2n) is 5.64. The molecule has 0 aliphatic carbocycles. The van der Waals surface area contributed by atoms with E-state index < -0.39 is 0 Å². The monoisotopic (exact) mass is 338 g/mol. The van der Waals surface area contributed by atoms with Gasteiger partial charge in [0.2, 0.25) is 0 Å². The Labute approximate surface area is 142 Å². The van der Waals surface area contributed by atoms with Crippen LogP contribution in [0.3, 0.4) is 0 Å². The molecule has 1 aliphatic rings. The number of carbonyl (C=O) groups is 1. The number of carbonyl (C=O) groups excluding carboxylic acids is 1. The molecule has 0 bridgehead atoms. The van der Waals surface area contributed by atoms with Gasteiger partial charge in [0.25, 0.3) is 0 Å². The van der Waals surface area contributed by atoms with Gasteiger partial charge in [-0.15, -0.1) is 0 Å². The Balaban J connectivity index is 1.66. The lowest BCUT2D eigenvalue weighted by Crippen LogP contribution is -2.45. The lowest BCUT2D eigenvalue weighted by atomic mass is 9.98. The van der Waals surface area contributed by atoms with Crippen LogP contribution in [-0.4, -0.2) is 56.3 Å². The van der Waals surface area contributed by atoms with Crippen LogP contribution in [0, 0.1) is 5.92 Å². The smallest absolute Gasteiger partial charge is 0.317 e. The summed E-state index contributed by atoms with van der Waals surface area (Å²) in [6.07, 6.45) is 4.03. The van der Waals surface area contributed by atoms with Crippen molar-refractivity contribution < 1.29 is 14.3 Å². The van der Waals surface area contributed by atoms with E-state index in [4.69, 9.17) is 9.47 Å². The normalized spacial score (nSPS) is 15.3. The number of ether oxygens (including phenoxy) is 2. The van der Waals surface area contributed by atoms with Crippen LogP contribution in [0.1, 0.15) is 12.8 Å². The highest BCUT2D eigenvalue weighted by Crippen LogP contribution is 2.21. The summed E-state index contributed by atoms with van der Waals surface area (Å²) in [5.41, 5.74) is 0. The van der Waals surface area contributed by atoms with Gasteiger partial charge in [0.15, 0.2) is 0 Å². The van der Waals surface area contributed by atoms with E-state index in [0.717, 1.165) is 49.7 Å². The SMILES string of the molecule is COc1ccc(OCC2CCN(C(=O)NCCSC)CC2)cc1. The van der Waals surface area contributed by atoms with E-state index in [1.807, 2.05) is 35.4 Å². The topological polar surface area (TPSA) is 50.8 Å². The summed E-state index contributed by atoms with van der Waals surface area (Å²) in [5, 5.41) is 2.96. The first-order valence-corrected chi connectivity index (χ1v) is 9.41. The van der Waals surface area contributed by atoms with Crippen molar-refractivity contribution in [1.29, 1.82) is 0 Å². The maximum atomic E-state index is 12.0. The van der Waals surface area contributed by atoms with Crippen LogP contribution in [0.25, 0.3) is 0 Å². The average molecular weight is 338 g/mol. The number of nitrogens with zero attached hydrogens (tertiary/aromatic N) is 1. The zero-order valence-electron chi connectivity index (χ0n) is 13.9. The van der Waals surface area contributed by atoms with Gasteiger partial charge in [0.05, 0.1) is 13.7 Å². The molecule has 1 aliphatic heterocycles. The first kappa shape index (κ1) is 17.8. The number of likely N-dealkylation sites (tertiary alicyclic amines) is 1. The van der Waals surface area contributed by atoms with E-state index in [2.05, 4.69) is 5.32 Å². The van der Waals surface area contributed by atoms with E-state index in [1.54, 1.807) is 18.9 Å². The summed E-state index contributed by atoms with van der Waals surface area (Å²) < 4.78 is 11.0. The second kappa shape index (κ2) is 9.55. The van der Waals surface area contributed by atoms with Gasteiger partial charge in [-0.25, -0.2) is 4.79 Å². The van der Waals surface area contributed by atoms with Gasteiger partial charge in [-0.2, -0.15) is 11.8 Å². The number of amides is 2. The van der Waals surface area contributed by atoms with Crippen molar-refractivity contribution >= 4 is 17.8 Å². The van der Waals surface area contributed by atoms with Crippen LogP contribution in [0.4, 0.5) is 4.79 Å². The van der Waals surface area contributed by atoms with Gasteiger partial charge in [-0.1, -0.05) is 0 Å². The van der Waals surface area contributed by atoms with E-state index in [9.17, 15) is 4.79 Å². The molecule has 0 unspecified atom stereocenters. The van der Waals surface area contributed by atoms with Crippen molar-refractivity contribution in [3.05, 3.63) is 24.3 Å². The molecule has 6 heteroatoms. The maximum Gasteiger partial charge on any atom is 0.317 e. The number of benzene rings is 1. The summed E-state index contributed by atoms with van der Waals surface area (Å²) >= 11 is 1.74. The number of piperidine rings is 1. The van der Waals surface area contributed by atoms with Gasteiger partial charge in [-0.3, -0.25) is 0 Å². The summed E-state index contributed by atoms with van der Waals surface area (Å²) in [5.74, 6) is 3.16. The van der Waals surface area contributed by atoms with Crippen LogP contribution < -0.4 is 14.8 Å². The molecule has 5 nitrogen and oxygen atoms in total. The minimum Gasteiger partial charge on any atom is -0.497 e. The Bertz CT molecular complexity index is 473. The van der Waals surface area contributed by atoms with Crippen molar-refractivity contribution in [2.75, 3.05) is 45.4 Å². The Morgan fingerprint density at radius 1 is 1.26 bits per heavy atom. The number of hydrogen-bond acceptors (Lipinski definition) is 4. The zero-order valence-corrected chi connectivity index (χ0v) is 14.7. The van der Waals surface area contributed by atoms with Gasteiger partial charge in [0, 0.05) is 25.4 Å². The number of methoxy groups -OCH3 is 1. The quantitative estimate of drug-likeness (QED) is 0.777. The third-order valence-corrected chi connectivity index (χ3v) is 4.64. The van der Waals surface area contributed by atoms with Crippen LogP contribution in [0.5, 0.6) is 11.5 Å². The summed E-state index contributed by atoms with van der Waals surface area (Å²) in [6.45, 7) is 3.05. The van der Waals surface area contributed by atoms with Crippen LogP contribution in [-0.2, 0) is 0 Å². The fraction of sp³-hybridized carbons (Fsp3) is 0.588. The lowest BCUT2D eigenvalue weighted by molar-refractivity contribution is 0.145. The molecule has 2 amide bonds. The molecule has 1 saturated heterocycles. The fourth-order valence-corrected chi connectivity index (χ4v) is 2.87. The summed E-state index contributed by atoms with van der Waals surface area (Å²) in [7, 11) is 1.65. The molecule has 128 valence electrons. The molecule has 1 N–H and O–H groups in total. The van der Waals surface area contributed by atoms with Crippen molar-refractivity contribution in [2.45, 2.75) is 12.8 Å².